The Labute approximate surface area is 189 Å². The number of ether oxygens (including phenoxy) is 1. The minimum absolute atomic E-state index is 0.0849. The summed E-state index contributed by atoms with van der Waals surface area (Å²) in [4.78, 5) is 29.9. The molecule has 3 aromatic rings. The summed E-state index contributed by atoms with van der Waals surface area (Å²) in [5.74, 6) is -1.12. The topological polar surface area (TPSA) is 102 Å². The van der Waals surface area contributed by atoms with Gasteiger partial charge in [0.2, 0.25) is 0 Å². The van der Waals surface area contributed by atoms with Crippen molar-refractivity contribution in [2.24, 2.45) is 0 Å². The molecule has 5 rings (SSSR count). The monoisotopic (exact) mass is 452 g/mol. The van der Waals surface area contributed by atoms with Crippen LogP contribution in [-0.4, -0.2) is 32.3 Å². The molecule has 4 heterocycles. The number of carbonyl (C=O) groups is 1. The van der Waals surface area contributed by atoms with Crippen LogP contribution in [0, 0.1) is 12.7 Å². The summed E-state index contributed by atoms with van der Waals surface area (Å²) >= 11 is 0. The fraction of sp³-hybridized carbons (Fsp3) is 0.400. The highest BCUT2D eigenvalue weighted by molar-refractivity contribution is 5.92. The van der Waals surface area contributed by atoms with Gasteiger partial charge < -0.3 is 19.5 Å². The number of aromatic nitrogens is 2. The van der Waals surface area contributed by atoms with Crippen LogP contribution in [0.5, 0.6) is 0 Å². The largest absolute Gasteiger partial charge is 0.458 e. The van der Waals surface area contributed by atoms with Crippen LogP contribution in [0.15, 0.2) is 16.9 Å². The predicted octanol–water partition coefficient (Wildman–Crippen LogP) is 2.84. The van der Waals surface area contributed by atoms with Gasteiger partial charge in [0, 0.05) is 29.2 Å². The van der Waals surface area contributed by atoms with Crippen LogP contribution in [0.3, 0.4) is 0 Å². The van der Waals surface area contributed by atoms with Crippen LogP contribution in [0.1, 0.15) is 59.3 Å². The van der Waals surface area contributed by atoms with Crippen LogP contribution in [0.4, 0.5) is 4.39 Å². The van der Waals surface area contributed by atoms with Crippen LogP contribution in [0.2, 0.25) is 0 Å². The third-order valence-electron chi connectivity index (χ3n) is 6.88. The minimum Gasteiger partial charge on any atom is -0.458 e. The molecule has 2 aliphatic heterocycles. The lowest BCUT2D eigenvalue weighted by molar-refractivity contribution is -0.157. The number of esters is 1. The van der Waals surface area contributed by atoms with E-state index in [1.54, 1.807) is 17.6 Å². The van der Waals surface area contributed by atoms with E-state index in [9.17, 15) is 24.2 Å². The molecule has 172 valence electrons. The van der Waals surface area contributed by atoms with Crippen molar-refractivity contribution in [2.75, 3.05) is 6.61 Å². The predicted molar refractivity (Wildman–Crippen MR) is 119 cm³/mol. The molecule has 2 N–H and O–H groups in total. The van der Waals surface area contributed by atoms with Gasteiger partial charge in [0.1, 0.15) is 12.4 Å². The third-order valence-corrected chi connectivity index (χ3v) is 6.88. The van der Waals surface area contributed by atoms with Gasteiger partial charge in [0.15, 0.2) is 6.10 Å². The van der Waals surface area contributed by atoms with Gasteiger partial charge in [0.25, 0.3) is 5.56 Å². The SMILES string of the molecule is CCc1c2c(nc3cc(F)c(C)c(CCCCO)c13)-c1cc3c(c(=O)n1C2)COC(=O)C3O. The maximum absolute atomic E-state index is 14.9. The first kappa shape index (κ1) is 21.7. The molecule has 1 aromatic carbocycles. The quantitative estimate of drug-likeness (QED) is 0.357. The Hall–Kier alpha value is -3.10. The maximum Gasteiger partial charge on any atom is 0.340 e. The van der Waals surface area contributed by atoms with Gasteiger partial charge in [-0.05, 0) is 55.4 Å². The molecule has 2 aromatic heterocycles. The molecule has 0 bridgehead atoms. The minimum atomic E-state index is -1.51. The first-order valence-electron chi connectivity index (χ1n) is 11.2. The average Bonchev–Trinajstić information content (AvgIpc) is 3.16. The summed E-state index contributed by atoms with van der Waals surface area (Å²) in [7, 11) is 0. The number of hydrogen-bond acceptors (Lipinski definition) is 6. The molecule has 1 atom stereocenters. The number of halogens is 1. The number of pyridine rings is 2. The summed E-state index contributed by atoms with van der Waals surface area (Å²) < 4.78 is 21.4. The van der Waals surface area contributed by atoms with Gasteiger partial charge in [-0.1, -0.05) is 6.92 Å². The molecule has 0 amide bonds. The summed E-state index contributed by atoms with van der Waals surface area (Å²) in [5.41, 5.74) is 5.21. The van der Waals surface area contributed by atoms with Crippen molar-refractivity contribution in [3.63, 3.8) is 0 Å². The fourth-order valence-electron chi connectivity index (χ4n) is 5.15. The van der Waals surface area contributed by atoms with E-state index < -0.39 is 12.1 Å². The number of nitrogens with zero attached hydrogens (tertiary/aromatic N) is 2. The number of aliphatic hydroxyl groups is 2. The van der Waals surface area contributed by atoms with Crippen LogP contribution in [0.25, 0.3) is 22.3 Å². The maximum atomic E-state index is 14.9. The first-order valence-corrected chi connectivity index (χ1v) is 11.2. The number of fused-ring (bicyclic) bond motifs is 5. The molecule has 1 unspecified atom stereocenters. The summed E-state index contributed by atoms with van der Waals surface area (Å²) in [6.45, 7) is 4.02. The van der Waals surface area contributed by atoms with E-state index in [1.807, 2.05) is 6.92 Å². The standard InChI is InChI=1S/C25H25FN2O5/c1-3-13-16-10-28-20(8-15-17(24(28)31)11-33-25(32)23(15)30)22(16)27-19-9-18(26)12(2)14(21(13)19)6-4-5-7-29/h8-9,23,29-30H,3-7,10-11H2,1-2H3. The zero-order valence-corrected chi connectivity index (χ0v) is 18.6. The van der Waals surface area contributed by atoms with E-state index in [2.05, 4.69) is 0 Å². The molecular weight excluding hydrogens is 427 g/mol. The number of aliphatic hydroxyl groups excluding tert-OH is 2. The van der Waals surface area contributed by atoms with E-state index in [1.165, 1.54) is 6.07 Å². The molecule has 7 nitrogen and oxygen atoms in total. The number of unbranched alkanes of at least 4 members (excludes halogenated alkanes) is 1. The molecule has 0 aliphatic carbocycles. The second-order valence-corrected chi connectivity index (χ2v) is 8.67. The Morgan fingerprint density at radius 1 is 1.21 bits per heavy atom. The average molecular weight is 452 g/mol. The highest BCUT2D eigenvalue weighted by atomic mass is 19.1. The Morgan fingerprint density at radius 2 is 2.00 bits per heavy atom. The van der Waals surface area contributed by atoms with Crippen LogP contribution in [-0.2, 0) is 35.5 Å². The number of benzene rings is 1. The number of carbonyl (C=O) groups excluding carboxylic acids is 1. The normalized spacial score (nSPS) is 16.5. The lowest BCUT2D eigenvalue weighted by atomic mass is 9.90. The Morgan fingerprint density at radius 3 is 2.73 bits per heavy atom. The zero-order chi connectivity index (χ0) is 23.4. The van der Waals surface area contributed by atoms with Crippen LogP contribution < -0.4 is 5.56 Å². The molecule has 0 saturated carbocycles. The van der Waals surface area contributed by atoms with E-state index in [0.717, 1.165) is 28.5 Å². The van der Waals surface area contributed by atoms with E-state index >= 15 is 0 Å². The summed E-state index contributed by atoms with van der Waals surface area (Å²) in [6.07, 6.45) is 1.15. The summed E-state index contributed by atoms with van der Waals surface area (Å²) in [5, 5.41) is 20.4. The lowest BCUT2D eigenvalue weighted by Gasteiger charge is -2.21. The molecule has 33 heavy (non-hydrogen) atoms. The highest BCUT2D eigenvalue weighted by Gasteiger charge is 2.34. The van der Waals surface area contributed by atoms with Crippen molar-refractivity contribution in [1.29, 1.82) is 0 Å². The van der Waals surface area contributed by atoms with Gasteiger partial charge in [-0.3, -0.25) is 4.79 Å². The number of hydrogen-bond donors (Lipinski definition) is 2. The van der Waals surface area contributed by atoms with E-state index in [4.69, 9.17) is 9.72 Å². The van der Waals surface area contributed by atoms with Gasteiger partial charge >= 0.3 is 5.97 Å². The zero-order valence-electron chi connectivity index (χ0n) is 18.6. The summed E-state index contributed by atoms with van der Waals surface area (Å²) in [6, 6.07) is 3.07. The molecule has 0 spiro atoms. The molecule has 0 fully saturated rings. The van der Waals surface area contributed by atoms with Gasteiger partial charge in [-0.25, -0.2) is 14.2 Å². The highest BCUT2D eigenvalue weighted by Crippen LogP contribution is 2.40. The van der Waals surface area contributed by atoms with E-state index in [0.29, 0.717) is 48.3 Å². The number of cyclic esters (lactones) is 1. The Bertz CT molecular complexity index is 1380. The first-order chi connectivity index (χ1) is 15.9. The van der Waals surface area contributed by atoms with Crippen LogP contribution >= 0.6 is 0 Å². The van der Waals surface area contributed by atoms with Gasteiger partial charge in [-0.15, -0.1) is 0 Å². The van der Waals surface area contributed by atoms with Gasteiger partial charge in [0.05, 0.1) is 29.0 Å². The van der Waals surface area contributed by atoms with Crippen molar-refractivity contribution < 1.29 is 24.1 Å². The Kier molecular flexibility index (Phi) is 5.29. The molecular formula is C25H25FN2O5. The van der Waals surface area contributed by atoms with E-state index in [-0.39, 0.29) is 35.7 Å². The van der Waals surface area contributed by atoms with Crippen molar-refractivity contribution in [3.8, 4) is 11.4 Å². The van der Waals surface area contributed by atoms with Crippen molar-refractivity contribution in [2.45, 2.75) is 58.8 Å². The number of aryl methyl sites for hydroxylation is 2. The van der Waals surface area contributed by atoms with Crippen molar-refractivity contribution >= 4 is 16.9 Å². The smallest absolute Gasteiger partial charge is 0.340 e. The number of rotatable bonds is 5. The van der Waals surface area contributed by atoms with Crippen molar-refractivity contribution in [3.05, 3.63) is 61.7 Å². The van der Waals surface area contributed by atoms with Gasteiger partial charge in [-0.2, -0.15) is 0 Å². The third kappa shape index (κ3) is 3.20. The molecule has 0 radical (unpaired) electrons. The lowest BCUT2D eigenvalue weighted by Crippen LogP contribution is -2.32. The molecule has 8 heteroatoms. The van der Waals surface area contributed by atoms with Crippen molar-refractivity contribution in [1.82, 2.24) is 9.55 Å². The second-order valence-electron chi connectivity index (χ2n) is 8.67. The molecule has 2 aliphatic rings. The second kappa shape index (κ2) is 8.04. The fourth-order valence-corrected chi connectivity index (χ4v) is 5.15. The Balaban J connectivity index is 1.77. The molecule has 0 saturated heterocycles.